The van der Waals surface area contributed by atoms with E-state index in [2.05, 4.69) is 5.32 Å². The lowest BCUT2D eigenvalue weighted by molar-refractivity contribution is -0.137. The Hall–Kier alpha value is -1.72. The molecule has 0 aliphatic carbocycles. The first-order chi connectivity index (χ1) is 8.49. The fourth-order valence-electron chi connectivity index (χ4n) is 1.53. The molecule has 0 aromatic heterocycles. The van der Waals surface area contributed by atoms with Crippen molar-refractivity contribution >= 4 is 17.3 Å². The van der Waals surface area contributed by atoms with Crippen molar-refractivity contribution < 1.29 is 18.0 Å². The fourth-order valence-corrected chi connectivity index (χ4v) is 1.53. The van der Waals surface area contributed by atoms with Gasteiger partial charge >= 0.3 is 6.18 Å². The number of nitrogen functional groups attached to an aromatic ring is 1. The summed E-state index contributed by atoms with van der Waals surface area (Å²) in [4.78, 5) is 11.7. The molecule has 1 aromatic rings. The molecule has 0 aliphatic rings. The highest BCUT2D eigenvalue weighted by molar-refractivity contribution is 5.94. The zero-order chi connectivity index (χ0) is 14.8. The third-order valence-corrected chi connectivity index (χ3v) is 2.34. The summed E-state index contributed by atoms with van der Waals surface area (Å²) in [5.41, 5.74) is 4.57. The van der Waals surface area contributed by atoms with E-state index in [0.717, 1.165) is 12.1 Å². The molecule has 0 saturated carbocycles. The molecule has 0 bridgehead atoms. The molecule has 0 atom stereocenters. The largest absolute Gasteiger partial charge is 0.416 e. The molecule has 0 unspecified atom stereocenters. The van der Waals surface area contributed by atoms with Crippen molar-refractivity contribution in [3.63, 3.8) is 0 Å². The van der Waals surface area contributed by atoms with Gasteiger partial charge in [-0.3, -0.25) is 4.79 Å². The van der Waals surface area contributed by atoms with Crippen molar-refractivity contribution in [3.05, 3.63) is 23.8 Å². The lowest BCUT2D eigenvalue weighted by Gasteiger charge is -2.18. The van der Waals surface area contributed by atoms with E-state index in [4.69, 9.17) is 5.73 Å². The molecule has 3 nitrogen and oxygen atoms in total. The van der Waals surface area contributed by atoms with Crippen LogP contribution in [0.15, 0.2) is 18.2 Å². The van der Waals surface area contributed by atoms with Gasteiger partial charge in [0.05, 0.1) is 16.9 Å². The second-order valence-corrected chi connectivity index (χ2v) is 5.59. The predicted octanol–water partition coefficient (Wildman–Crippen LogP) is 3.66. The van der Waals surface area contributed by atoms with Crippen molar-refractivity contribution in [2.45, 2.75) is 33.4 Å². The molecule has 3 N–H and O–H groups in total. The van der Waals surface area contributed by atoms with Crippen LogP contribution in [0, 0.1) is 5.41 Å². The molecule has 6 heteroatoms. The molecule has 19 heavy (non-hydrogen) atoms. The number of amides is 1. The molecule has 0 heterocycles. The average Bonchev–Trinajstić information content (AvgIpc) is 2.16. The number of hydrogen-bond acceptors (Lipinski definition) is 2. The lowest BCUT2D eigenvalue weighted by atomic mass is 9.92. The Kier molecular flexibility index (Phi) is 4.12. The Morgan fingerprint density at radius 1 is 1.26 bits per heavy atom. The molecule has 0 aliphatic heterocycles. The summed E-state index contributed by atoms with van der Waals surface area (Å²) in [7, 11) is 0. The van der Waals surface area contributed by atoms with Gasteiger partial charge in [-0.15, -0.1) is 0 Å². The van der Waals surface area contributed by atoms with Gasteiger partial charge in [0.1, 0.15) is 0 Å². The number of halogens is 3. The van der Waals surface area contributed by atoms with Crippen LogP contribution in [-0.4, -0.2) is 5.91 Å². The van der Waals surface area contributed by atoms with E-state index < -0.39 is 11.7 Å². The predicted molar refractivity (Wildman–Crippen MR) is 68.6 cm³/mol. The van der Waals surface area contributed by atoms with Gasteiger partial charge in [-0.05, 0) is 23.6 Å². The number of hydrogen-bond donors (Lipinski definition) is 2. The van der Waals surface area contributed by atoms with Crippen LogP contribution >= 0.6 is 0 Å². The summed E-state index contributed by atoms with van der Waals surface area (Å²) in [6.45, 7) is 5.67. The zero-order valence-corrected chi connectivity index (χ0v) is 11.1. The van der Waals surface area contributed by atoms with Crippen molar-refractivity contribution in [1.29, 1.82) is 0 Å². The van der Waals surface area contributed by atoms with Crippen LogP contribution < -0.4 is 11.1 Å². The molecule has 106 valence electrons. The average molecular weight is 274 g/mol. The van der Waals surface area contributed by atoms with Crippen LogP contribution in [0.1, 0.15) is 32.8 Å². The van der Waals surface area contributed by atoms with Gasteiger partial charge in [0, 0.05) is 6.42 Å². The van der Waals surface area contributed by atoms with Crippen LogP contribution in [0.5, 0.6) is 0 Å². The summed E-state index contributed by atoms with van der Waals surface area (Å²) in [6, 6.07) is 2.87. The number of carbonyl (C=O) groups is 1. The topological polar surface area (TPSA) is 55.1 Å². The number of anilines is 2. The maximum atomic E-state index is 12.4. The van der Waals surface area contributed by atoms with E-state index in [9.17, 15) is 18.0 Å². The van der Waals surface area contributed by atoms with E-state index in [1.54, 1.807) is 0 Å². The molecule has 1 rings (SSSR count). The number of benzene rings is 1. The first-order valence-electron chi connectivity index (χ1n) is 5.75. The SMILES string of the molecule is CC(C)(C)CC(=O)Nc1ccc(C(F)(F)F)cc1N. The highest BCUT2D eigenvalue weighted by Crippen LogP contribution is 2.33. The van der Waals surface area contributed by atoms with Gasteiger partial charge in [-0.2, -0.15) is 13.2 Å². The Bertz CT molecular complexity index is 476. The maximum absolute atomic E-state index is 12.4. The molecule has 1 aromatic carbocycles. The van der Waals surface area contributed by atoms with E-state index in [0.29, 0.717) is 0 Å². The zero-order valence-electron chi connectivity index (χ0n) is 11.1. The van der Waals surface area contributed by atoms with Gasteiger partial charge in [0.2, 0.25) is 5.91 Å². The molecule has 0 fully saturated rings. The van der Waals surface area contributed by atoms with Crippen LogP contribution in [0.2, 0.25) is 0 Å². The highest BCUT2D eigenvalue weighted by atomic mass is 19.4. The number of alkyl halides is 3. The second kappa shape index (κ2) is 5.11. The Morgan fingerprint density at radius 2 is 1.84 bits per heavy atom. The normalized spacial score (nSPS) is 12.3. The number of nitrogens with one attached hydrogen (secondary N) is 1. The monoisotopic (exact) mass is 274 g/mol. The molecular weight excluding hydrogens is 257 g/mol. The molecule has 1 amide bonds. The Morgan fingerprint density at radius 3 is 2.26 bits per heavy atom. The van der Waals surface area contributed by atoms with Gasteiger partial charge in [-0.25, -0.2) is 0 Å². The standard InChI is InChI=1S/C13H17F3N2O/c1-12(2,3)7-11(19)18-10-5-4-8(6-9(10)17)13(14,15)16/h4-6H,7,17H2,1-3H3,(H,18,19). The fraction of sp³-hybridized carbons (Fsp3) is 0.462. The lowest BCUT2D eigenvalue weighted by Crippen LogP contribution is -2.20. The summed E-state index contributed by atoms with van der Waals surface area (Å²) >= 11 is 0. The van der Waals surface area contributed by atoms with Crippen LogP contribution in [0.4, 0.5) is 24.5 Å². The minimum Gasteiger partial charge on any atom is -0.397 e. The smallest absolute Gasteiger partial charge is 0.397 e. The summed E-state index contributed by atoms with van der Waals surface area (Å²) in [5, 5.41) is 2.51. The molecule has 0 saturated heterocycles. The second-order valence-electron chi connectivity index (χ2n) is 5.59. The Labute approximate surface area is 110 Å². The number of rotatable bonds is 2. The third-order valence-electron chi connectivity index (χ3n) is 2.34. The minimum absolute atomic E-state index is 0.0999. The molecule has 0 spiro atoms. The van der Waals surface area contributed by atoms with E-state index >= 15 is 0 Å². The van der Waals surface area contributed by atoms with E-state index in [1.807, 2.05) is 20.8 Å². The van der Waals surface area contributed by atoms with Crippen LogP contribution in [-0.2, 0) is 11.0 Å². The van der Waals surface area contributed by atoms with Crippen molar-refractivity contribution in [3.8, 4) is 0 Å². The first-order valence-corrected chi connectivity index (χ1v) is 5.75. The number of nitrogens with two attached hydrogens (primary N) is 1. The summed E-state index contributed by atoms with van der Waals surface area (Å²) < 4.78 is 37.3. The van der Waals surface area contributed by atoms with Crippen molar-refractivity contribution in [1.82, 2.24) is 0 Å². The van der Waals surface area contributed by atoms with Gasteiger partial charge in [-0.1, -0.05) is 20.8 Å². The number of carbonyl (C=O) groups excluding carboxylic acids is 1. The summed E-state index contributed by atoms with van der Waals surface area (Å²) in [6.07, 6.45) is -4.18. The molecular formula is C13H17F3N2O. The minimum atomic E-state index is -4.44. The first kappa shape index (κ1) is 15.3. The third kappa shape index (κ3) is 4.81. The van der Waals surface area contributed by atoms with Gasteiger partial charge in [0.25, 0.3) is 0 Å². The van der Waals surface area contributed by atoms with E-state index in [-0.39, 0.29) is 29.1 Å². The van der Waals surface area contributed by atoms with Crippen molar-refractivity contribution in [2.75, 3.05) is 11.1 Å². The van der Waals surface area contributed by atoms with Crippen LogP contribution in [0.25, 0.3) is 0 Å². The summed E-state index contributed by atoms with van der Waals surface area (Å²) in [5.74, 6) is -0.279. The van der Waals surface area contributed by atoms with Crippen molar-refractivity contribution in [2.24, 2.45) is 5.41 Å². The Balaban J connectivity index is 2.84. The maximum Gasteiger partial charge on any atom is 0.416 e. The van der Waals surface area contributed by atoms with Gasteiger partial charge < -0.3 is 11.1 Å². The quantitative estimate of drug-likeness (QED) is 0.808. The van der Waals surface area contributed by atoms with E-state index in [1.165, 1.54) is 6.07 Å². The van der Waals surface area contributed by atoms with Crippen LogP contribution in [0.3, 0.4) is 0 Å². The van der Waals surface area contributed by atoms with Gasteiger partial charge in [0.15, 0.2) is 0 Å². The molecule has 0 radical (unpaired) electrons. The highest BCUT2D eigenvalue weighted by Gasteiger charge is 2.30.